The van der Waals surface area contributed by atoms with E-state index in [0.717, 1.165) is 11.1 Å². The summed E-state index contributed by atoms with van der Waals surface area (Å²) in [6, 6.07) is 9.20. The van der Waals surface area contributed by atoms with Crippen molar-refractivity contribution in [1.29, 1.82) is 0 Å². The van der Waals surface area contributed by atoms with Crippen molar-refractivity contribution in [3.05, 3.63) is 30.6 Å². The number of anilines is 1. The van der Waals surface area contributed by atoms with Gasteiger partial charge in [0.15, 0.2) is 5.16 Å². The summed E-state index contributed by atoms with van der Waals surface area (Å²) in [5.41, 5.74) is 1.22. The summed E-state index contributed by atoms with van der Waals surface area (Å²) >= 11 is 1.59. The van der Waals surface area contributed by atoms with Crippen LogP contribution in [0.15, 0.2) is 40.6 Å². The Kier molecular flexibility index (Phi) is 4.25. The molecule has 1 saturated carbocycles. The van der Waals surface area contributed by atoms with Gasteiger partial charge in [0.1, 0.15) is 6.33 Å². The van der Waals surface area contributed by atoms with E-state index in [1.807, 2.05) is 0 Å². The number of rotatable bonds is 5. The zero-order chi connectivity index (χ0) is 13.8. The summed E-state index contributed by atoms with van der Waals surface area (Å²) in [6.07, 6.45) is 6.82. The van der Waals surface area contributed by atoms with Crippen molar-refractivity contribution >= 4 is 17.4 Å². The fourth-order valence-corrected chi connectivity index (χ4v) is 3.48. The van der Waals surface area contributed by atoms with Crippen molar-refractivity contribution in [3.63, 3.8) is 0 Å². The molecule has 4 nitrogen and oxygen atoms in total. The molecule has 2 atom stereocenters. The standard InChI is InChI=1S/C15H20N4S/c1-2-11-3-4-13(9-11)18-12-5-7-14(8-6-12)20-15-16-10-17-19-15/h5-8,10-11,13,18H,2-4,9H2,1H3,(H,16,17,19). The van der Waals surface area contributed by atoms with Crippen LogP contribution in [-0.4, -0.2) is 21.2 Å². The van der Waals surface area contributed by atoms with Crippen LogP contribution in [0, 0.1) is 5.92 Å². The van der Waals surface area contributed by atoms with Gasteiger partial charge in [-0.2, -0.15) is 5.10 Å². The van der Waals surface area contributed by atoms with Gasteiger partial charge in [-0.15, -0.1) is 0 Å². The van der Waals surface area contributed by atoms with E-state index in [1.165, 1.54) is 42.6 Å². The minimum atomic E-state index is 0.646. The highest BCUT2D eigenvalue weighted by Crippen LogP contribution is 2.31. The van der Waals surface area contributed by atoms with Gasteiger partial charge in [0.25, 0.3) is 0 Å². The molecule has 1 heterocycles. The Morgan fingerprint density at radius 3 is 2.80 bits per heavy atom. The SMILES string of the molecule is CCC1CCC(Nc2ccc(Sc3ncn[nH]3)cc2)C1. The molecule has 0 spiro atoms. The van der Waals surface area contributed by atoms with Gasteiger partial charge < -0.3 is 5.32 Å². The molecular formula is C15H20N4S. The van der Waals surface area contributed by atoms with Gasteiger partial charge in [-0.3, -0.25) is 5.10 Å². The van der Waals surface area contributed by atoms with Crippen molar-refractivity contribution < 1.29 is 0 Å². The third-order valence-electron chi connectivity index (χ3n) is 3.95. The summed E-state index contributed by atoms with van der Waals surface area (Å²) in [4.78, 5) is 5.29. The van der Waals surface area contributed by atoms with Crippen LogP contribution in [-0.2, 0) is 0 Å². The molecule has 0 saturated heterocycles. The summed E-state index contributed by atoms with van der Waals surface area (Å²) in [7, 11) is 0. The normalized spacial score (nSPS) is 22.1. The Hall–Kier alpha value is -1.49. The molecule has 5 heteroatoms. The van der Waals surface area contributed by atoms with Crippen molar-refractivity contribution in [2.24, 2.45) is 5.92 Å². The van der Waals surface area contributed by atoms with E-state index in [-0.39, 0.29) is 0 Å². The van der Waals surface area contributed by atoms with Crippen LogP contribution in [0.5, 0.6) is 0 Å². The van der Waals surface area contributed by atoms with Gasteiger partial charge in [0.05, 0.1) is 0 Å². The van der Waals surface area contributed by atoms with Crippen molar-refractivity contribution in [1.82, 2.24) is 15.2 Å². The second-order valence-electron chi connectivity index (χ2n) is 5.35. The molecule has 20 heavy (non-hydrogen) atoms. The number of nitrogens with one attached hydrogen (secondary N) is 2. The first-order valence-corrected chi connectivity index (χ1v) is 8.05. The quantitative estimate of drug-likeness (QED) is 0.875. The van der Waals surface area contributed by atoms with E-state index in [0.29, 0.717) is 6.04 Å². The third kappa shape index (κ3) is 3.33. The molecule has 3 rings (SSSR count). The molecule has 2 unspecified atom stereocenters. The molecule has 1 fully saturated rings. The van der Waals surface area contributed by atoms with Crippen molar-refractivity contribution in [2.45, 2.75) is 48.7 Å². The number of aromatic nitrogens is 3. The van der Waals surface area contributed by atoms with Gasteiger partial charge in [-0.1, -0.05) is 25.1 Å². The summed E-state index contributed by atoms with van der Waals surface area (Å²) < 4.78 is 0. The minimum Gasteiger partial charge on any atom is -0.382 e. The maximum Gasteiger partial charge on any atom is 0.188 e. The summed E-state index contributed by atoms with van der Waals surface area (Å²) in [5.74, 6) is 0.911. The first-order chi connectivity index (χ1) is 9.83. The van der Waals surface area contributed by atoms with Crippen LogP contribution in [0.1, 0.15) is 32.6 Å². The van der Waals surface area contributed by atoms with Gasteiger partial charge in [0.2, 0.25) is 0 Å². The number of hydrogen-bond donors (Lipinski definition) is 2. The second kappa shape index (κ2) is 6.31. The number of H-pyrrole nitrogens is 1. The molecule has 2 N–H and O–H groups in total. The Morgan fingerprint density at radius 1 is 1.30 bits per heavy atom. The Labute approximate surface area is 123 Å². The lowest BCUT2D eigenvalue weighted by Gasteiger charge is -2.14. The average Bonchev–Trinajstić information content (AvgIpc) is 3.12. The lowest BCUT2D eigenvalue weighted by atomic mass is 10.1. The molecule has 0 radical (unpaired) electrons. The van der Waals surface area contributed by atoms with E-state index < -0.39 is 0 Å². The van der Waals surface area contributed by atoms with Crippen LogP contribution < -0.4 is 5.32 Å². The first-order valence-electron chi connectivity index (χ1n) is 7.23. The fraction of sp³-hybridized carbons (Fsp3) is 0.467. The van der Waals surface area contributed by atoms with E-state index in [9.17, 15) is 0 Å². The number of nitrogens with zero attached hydrogens (tertiary/aromatic N) is 2. The van der Waals surface area contributed by atoms with Crippen molar-refractivity contribution in [3.8, 4) is 0 Å². The second-order valence-corrected chi connectivity index (χ2v) is 6.41. The smallest absolute Gasteiger partial charge is 0.188 e. The molecule has 0 aliphatic heterocycles. The molecule has 1 aliphatic rings. The Bertz CT molecular complexity index is 523. The molecule has 0 amide bonds. The van der Waals surface area contributed by atoms with Crippen LogP contribution in [0.4, 0.5) is 5.69 Å². The molecule has 0 bridgehead atoms. The predicted octanol–water partition coefficient (Wildman–Crippen LogP) is 3.95. The van der Waals surface area contributed by atoms with Gasteiger partial charge in [-0.05, 0) is 49.4 Å². The van der Waals surface area contributed by atoms with E-state index >= 15 is 0 Å². The number of aromatic amines is 1. The van der Waals surface area contributed by atoms with Crippen molar-refractivity contribution in [2.75, 3.05) is 5.32 Å². The molecule has 1 aromatic heterocycles. The lowest BCUT2D eigenvalue weighted by Crippen LogP contribution is -2.15. The average molecular weight is 288 g/mol. The Balaban J connectivity index is 1.56. The topological polar surface area (TPSA) is 53.6 Å². The lowest BCUT2D eigenvalue weighted by molar-refractivity contribution is 0.525. The zero-order valence-electron chi connectivity index (χ0n) is 11.7. The molecule has 1 aliphatic carbocycles. The maximum absolute atomic E-state index is 4.12. The molecular weight excluding hydrogens is 268 g/mol. The number of hydrogen-bond acceptors (Lipinski definition) is 4. The monoisotopic (exact) mass is 288 g/mol. The highest BCUT2D eigenvalue weighted by molar-refractivity contribution is 7.99. The summed E-state index contributed by atoms with van der Waals surface area (Å²) in [6.45, 7) is 2.29. The van der Waals surface area contributed by atoms with Crippen LogP contribution >= 0.6 is 11.8 Å². The molecule has 1 aromatic carbocycles. The van der Waals surface area contributed by atoms with Crippen LogP contribution in [0.25, 0.3) is 0 Å². The first kappa shape index (κ1) is 13.5. The van der Waals surface area contributed by atoms with Crippen LogP contribution in [0.3, 0.4) is 0 Å². The molecule has 106 valence electrons. The van der Waals surface area contributed by atoms with Gasteiger partial charge >= 0.3 is 0 Å². The minimum absolute atomic E-state index is 0.646. The number of benzene rings is 1. The predicted molar refractivity (Wildman–Crippen MR) is 82.0 cm³/mol. The highest BCUT2D eigenvalue weighted by atomic mass is 32.2. The molecule has 2 aromatic rings. The maximum atomic E-state index is 4.12. The summed E-state index contributed by atoms with van der Waals surface area (Å²) in [5, 5.41) is 11.2. The Morgan fingerprint density at radius 2 is 2.15 bits per heavy atom. The van der Waals surface area contributed by atoms with Gasteiger partial charge in [-0.25, -0.2) is 4.98 Å². The fourth-order valence-electron chi connectivity index (χ4n) is 2.79. The van der Waals surface area contributed by atoms with Gasteiger partial charge in [0, 0.05) is 16.6 Å². The van der Waals surface area contributed by atoms with E-state index in [4.69, 9.17) is 0 Å². The van der Waals surface area contributed by atoms with E-state index in [1.54, 1.807) is 11.8 Å². The highest BCUT2D eigenvalue weighted by Gasteiger charge is 2.22. The zero-order valence-corrected chi connectivity index (χ0v) is 12.5. The van der Waals surface area contributed by atoms with Crippen LogP contribution in [0.2, 0.25) is 0 Å². The largest absolute Gasteiger partial charge is 0.382 e. The third-order valence-corrected chi connectivity index (χ3v) is 4.85. The van der Waals surface area contributed by atoms with E-state index in [2.05, 4.69) is 51.7 Å².